The van der Waals surface area contributed by atoms with Gasteiger partial charge in [0.2, 0.25) is 0 Å². The Hall–Kier alpha value is -1.32. The SMILES string of the molecule is CSc1ccc(CNC(C)c2ccccn2)cc1. The number of benzene rings is 1. The zero-order valence-corrected chi connectivity index (χ0v) is 11.6. The van der Waals surface area contributed by atoms with E-state index in [4.69, 9.17) is 0 Å². The Labute approximate surface area is 113 Å². The maximum Gasteiger partial charge on any atom is 0.0570 e. The highest BCUT2D eigenvalue weighted by molar-refractivity contribution is 7.98. The normalized spacial score (nSPS) is 12.3. The molecule has 0 aliphatic rings. The zero-order valence-electron chi connectivity index (χ0n) is 10.8. The highest BCUT2D eigenvalue weighted by atomic mass is 32.2. The van der Waals surface area contributed by atoms with E-state index in [1.54, 1.807) is 11.8 Å². The molecule has 2 rings (SSSR count). The third-order valence-electron chi connectivity index (χ3n) is 2.90. The Morgan fingerprint density at radius 3 is 2.56 bits per heavy atom. The van der Waals surface area contributed by atoms with Crippen molar-refractivity contribution in [3.05, 3.63) is 59.9 Å². The van der Waals surface area contributed by atoms with Crippen LogP contribution in [0.25, 0.3) is 0 Å². The van der Waals surface area contributed by atoms with Crippen LogP contribution in [0.4, 0.5) is 0 Å². The number of aromatic nitrogens is 1. The predicted molar refractivity (Wildman–Crippen MR) is 77.7 cm³/mol. The van der Waals surface area contributed by atoms with Gasteiger partial charge in [-0.25, -0.2) is 0 Å². The van der Waals surface area contributed by atoms with E-state index in [9.17, 15) is 0 Å². The highest BCUT2D eigenvalue weighted by Gasteiger charge is 2.04. The zero-order chi connectivity index (χ0) is 12.8. The van der Waals surface area contributed by atoms with Crippen LogP contribution in [-0.2, 0) is 6.54 Å². The van der Waals surface area contributed by atoms with Crippen molar-refractivity contribution in [1.82, 2.24) is 10.3 Å². The molecule has 1 unspecified atom stereocenters. The van der Waals surface area contributed by atoms with Crippen LogP contribution in [0.2, 0.25) is 0 Å². The molecule has 2 nitrogen and oxygen atoms in total. The van der Waals surface area contributed by atoms with Crippen LogP contribution < -0.4 is 5.32 Å². The first-order valence-corrected chi connectivity index (χ1v) is 7.29. The number of nitrogens with zero attached hydrogens (tertiary/aromatic N) is 1. The largest absolute Gasteiger partial charge is 0.305 e. The predicted octanol–water partition coefficient (Wildman–Crippen LogP) is 3.65. The molecule has 0 fully saturated rings. The first-order valence-electron chi connectivity index (χ1n) is 6.07. The maximum absolute atomic E-state index is 4.35. The second-order valence-electron chi connectivity index (χ2n) is 4.21. The van der Waals surface area contributed by atoms with Gasteiger partial charge >= 0.3 is 0 Å². The molecule has 1 N–H and O–H groups in total. The van der Waals surface area contributed by atoms with Crippen molar-refractivity contribution >= 4 is 11.8 Å². The molecule has 94 valence electrons. The van der Waals surface area contributed by atoms with Gasteiger partial charge in [-0.2, -0.15) is 0 Å². The van der Waals surface area contributed by atoms with Gasteiger partial charge in [0.15, 0.2) is 0 Å². The molecule has 18 heavy (non-hydrogen) atoms. The fourth-order valence-corrected chi connectivity index (χ4v) is 2.16. The summed E-state index contributed by atoms with van der Waals surface area (Å²) in [5.41, 5.74) is 2.38. The van der Waals surface area contributed by atoms with Crippen molar-refractivity contribution in [3.63, 3.8) is 0 Å². The van der Waals surface area contributed by atoms with E-state index in [0.29, 0.717) is 0 Å². The van der Waals surface area contributed by atoms with Crippen LogP contribution in [0.3, 0.4) is 0 Å². The number of nitrogens with one attached hydrogen (secondary N) is 1. The molecule has 1 atom stereocenters. The molecule has 0 saturated carbocycles. The quantitative estimate of drug-likeness (QED) is 0.829. The minimum atomic E-state index is 0.270. The lowest BCUT2D eigenvalue weighted by Crippen LogP contribution is -2.18. The second-order valence-corrected chi connectivity index (χ2v) is 5.08. The van der Waals surface area contributed by atoms with Crippen LogP contribution in [0, 0.1) is 0 Å². The average Bonchev–Trinajstić information content (AvgIpc) is 2.46. The summed E-state index contributed by atoms with van der Waals surface area (Å²) in [6.07, 6.45) is 3.93. The number of thioether (sulfide) groups is 1. The van der Waals surface area contributed by atoms with Crippen molar-refractivity contribution in [2.45, 2.75) is 24.4 Å². The summed E-state index contributed by atoms with van der Waals surface area (Å²) in [5.74, 6) is 0. The smallest absolute Gasteiger partial charge is 0.0570 e. The van der Waals surface area contributed by atoms with Crippen molar-refractivity contribution in [2.75, 3.05) is 6.26 Å². The Morgan fingerprint density at radius 1 is 1.17 bits per heavy atom. The van der Waals surface area contributed by atoms with Gasteiger partial charge in [-0.3, -0.25) is 4.98 Å². The van der Waals surface area contributed by atoms with Crippen LogP contribution >= 0.6 is 11.8 Å². The summed E-state index contributed by atoms with van der Waals surface area (Å²) in [4.78, 5) is 5.65. The van der Waals surface area contributed by atoms with Gasteiger partial charge in [0, 0.05) is 23.7 Å². The Balaban J connectivity index is 1.91. The fraction of sp³-hybridized carbons (Fsp3) is 0.267. The van der Waals surface area contributed by atoms with E-state index < -0.39 is 0 Å². The van der Waals surface area contributed by atoms with Crippen molar-refractivity contribution < 1.29 is 0 Å². The van der Waals surface area contributed by atoms with Crippen LogP contribution in [0.15, 0.2) is 53.6 Å². The summed E-state index contributed by atoms with van der Waals surface area (Å²) in [7, 11) is 0. The second kappa shape index (κ2) is 6.57. The third kappa shape index (κ3) is 3.59. The molecule has 3 heteroatoms. The first-order chi connectivity index (χ1) is 8.79. The van der Waals surface area contributed by atoms with Gasteiger partial charge in [0.05, 0.1) is 5.69 Å². The van der Waals surface area contributed by atoms with E-state index >= 15 is 0 Å². The summed E-state index contributed by atoms with van der Waals surface area (Å²) in [6.45, 7) is 3.00. The first kappa shape index (κ1) is 13.1. The number of rotatable bonds is 5. The molecular formula is C15H18N2S. The minimum Gasteiger partial charge on any atom is -0.305 e. The van der Waals surface area contributed by atoms with Crippen molar-refractivity contribution in [1.29, 1.82) is 0 Å². The molecule has 0 amide bonds. The number of pyridine rings is 1. The minimum absolute atomic E-state index is 0.270. The molecular weight excluding hydrogens is 240 g/mol. The third-order valence-corrected chi connectivity index (χ3v) is 3.65. The van der Waals surface area contributed by atoms with Gasteiger partial charge < -0.3 is 5.32 Å². The lowest BCUT2D eigenvalue weighted by Gasteiger charge is -2.13. The molecule has 1 aromatic carbocycles. The summed E-state index contributed by atoms with van der Waals surface area (Å²) < 4.78 is 0. The average molecular weight is 258 g/mol. The van der Waals surface area contributed by atoms with E-state index in [0.717, 1.165) is 12.2 Å². The van der Waals surface area contributed by atoms with Crippen LogP contribution in [-0.4, -0.2) is 11.2 Å². The van der Waals surface area contributed by atoms with Crippen LogP contribution in [0.5, 0.6) is 0 Å². The highest BCUT2D eigenvalue weighted by Crippen LogP contribution is 2.15. The van der Waals surface area contributed by atoms with E-state index in [1.165, 1.54) is 10.5 Å². The number of hydrogen-bond donors (Lipinski definition) is 1. The molecule has 0 radical (unpaired) electrons. The topological polar surface area (TPSA) is 24.9 Å². The summed E-state index contributed by atoms with van der Waals surface area (Å²) in [6, 6.07) is 14.9. The standard InChI is InChI=1S/C15H18N2S/c1-12(15-5-3-4-10-16-15)17-11-13-6-8-14(18-2)9-7-13/h3-10,12,17H,11H2,1-2H3. The maximum atomic E-state index is 4.35. The van der Waals surface area contributed by atoms with Crippen LogP contribution in [0.1, 0.15) is 24.2 Å². The van der Waals surface area contributed by atoms with Gasteiger partial charge in [0.25, 0.3) is 0 Å². The lowest BCUT2D eigenvalue weighted by atomic mass is 10.2. The van der Waals surface area contributed by atoms with Gasteiger partial charge in [-0.05, 0) is 43.0 Å². The van der Waals surface area contributed by atoms with Gasteiger partial charge in [0.1, 0.15) is 0 Å². The lowest BCUT2D eigenvalue weighted by molar-refractivity contribution is 0.561. The van der Waals surface area contributed by atoms with Gasteiger partial charge in [-0.15, -0.1) is 11.8 Å². The van der Waals surface area contributed by atoms with Crippen molar-refractivity contribution in [3.8, 4) is 0 Å². The Bertz CT molecular complexity index is 468. The molecule has 0 bridgehead atoms. The Morgan fingerprint density at radius 2 is 1.94 bits per heavy atom. The molecule has 0 saturated heterocycles. The van der Waals surface area contributed by atoms with E-state index in [2.05, 4.69) is 53.8 Å². The molecule has 0 aliphatic heterocycles. The number of hydrogen-bond acceptors (Lipinski definition) is 3. The molecule has 1 aromatic heterocycles. The van der Waals surface area contributed by atoms with Gasteiger partial charge in [-0.1, -0.05) is 18.2 Å². The molecule has 0 spiro atoms. The van der Waals surface area contributed by atoms with E-state index in [1.807, 2.05) is 18.3 Å². The summed E-state index contributed by atoms with van der Waals surface area (Å²) in [5, 5.41) is 3.48. The van der Waals surface area contributed by atoms with E-state index in [-0.39, 0.29) is 6.04 Å². The van der Waals surface area contributed by atoms with Crippen molar-refractivity contribution in [2.24, 2.45) is 0 Å². The molecule has 2 aromatic rings. The Kier molecular flexibility index (Phi) is 4.79. The fourth-order valence-electron chi connectivity index (χ4n) is 1.75. The molecule has 1 heterocycles. The molecule has 0 aliphatic carbocycles. The summed E-state index contributed by atoms with van der Waals surface area (Å²) >= 11 is 1.77. The monoisotopic (exact) mass is 258 g/mol.